The molecule has 1 aromatic carbocycles. The van der Waals surface area contributed by atoms with E-state index in [-0.39, 0.29) is 9.78 Å². The van der Waals surface area contributed by atoms with E-state index in [2.05, 4.69) is 0 Å². The Morgan fingerprint density at radius 3 is 2.18 bits per heavy atom. The average Bonchev–Trinajstić information content (AvgIpc) is 2.06. The average molecular weight is 173 g/mol. The number of hydrogen-bond acceptors (Lipinski definition) is 3. The minimum absolute atomic E-state index is 0.0370. The summed E-state index contributed by atoms with van der Waals surface area (Å²) in [5.74, 6) is 0. The fourth-order valence-corrected chi connectivity index (χ4v) is 1.31. The van der Waals surface area contributed by atoms with Crippen LogP contribution < -0.4 is 4.89 Å². The Morgan fingerprint density at radius 2 is 1.73 bits per heavy atom. The predicted octanol–water partition coefficient (Wildman–Crippen LogP) is -0.563. The van der Waals surface area contributed by atoms with Crippen molar-refractivity contribution in [3.8, 4) is 0 Å². The molecule has 4 nitrogen and oxygen atoms in total. The molecule has 60 valence electrons. The number of primary sulfonamides is 1. The lowest BCUT2D eigenvalue weighted by Crippen LogP contribution is -2.80. The number of nitrogens with two attached hydrogens (primary N) is 1. The van der Waals surface area contributed by atoms with Crippen LogP contribution in [0, 0.1) is 5.21 Å². The Bertz CT molecular complexity index is 319. The summed E-state index contributed by atoms with van der Waals surface area (Å²) in [4.78, 5) is -0.0162. The van der Waals surface area contributed by atoms with Crippen LogP contribution in [0.5, 0.6) is 0 Å². The molecule has 0 spiro atoms. The van der Waals surface area contributed by atoms with Crippen molar-refractivity contribution in [3.63, 3.8) is 0 Å². The van der Waals surface area contributed by atoms with E-state index < -0.39 is 10.0 Å². The second kappa shape index (κ2) is 3.00. The monoisotopic (exact) mass is 173 g/mol. The van der Waals surface area contributed by atoms with Gasteiger partial charge in [-0.3, -0.25) is 4.89 Å². The van der Waals surface area contributed by atoms with Crippen molar-refractivity contribution in [3.05, 3.63) is 35.5 Å². The summed E-state index contributed by atoms with van der Waals surface area (Å²) in [5.41, 5.74) is 0. The molecule has 0 heterocycles. The first-order valence-corrected chi connectivity index (χ1v) is 4.47. The number of sulfonamides is 1. The normalized spacial score (nSPS) is 11.4. The Balaban J connectivity index is 3.14. The maximum Gasteiger partial charge on any atom is 0.323 e. The smallest absolute Gasteiger partial charge is 0.323 e. The maximum atomic E-state index is 10.8. The zero-order valence-electron chi connectivity index (χ0n) is 5.60. The van der Waals surface area contributed by atoms with Crippen LogP contribution in [0.4, 0.5) is 0 Å². The summed E-state index contributed by atoms with van der Waals surface area (Å²) >= 11 is 0. The summed E-state index contributed by atoms with van der Waals surface area (Å²) in [6.45, 7) is 0. The van der Waals surface area contributed by atoms with E-state index in [1.165, 1.54) is 12.1 Å². The molecule has 0 bridgehead atoms. The topological polar surface area (TPSA) is 73.8 Å². The summed E-state index contributed by atoms with van der Waals surface area (Å²) < 4.78 is 21.7. The minimum atomic E-state index is -3.68. The summed E-state index contributed by atoms with van der Waals surface area (Å²) in [7, 11) is -3.68. The van der Waals surface area contributed by atoms with Gasteiger partial charge >= 0.3 is 10.0 Å². The third-order valence-corrected chi connectivity index (χ3v) is 2.38. The molecule has 11 heavy (non-hydrogen) atoms. The Labute approximate surface area is 64.5 Å². The lowest BCUT2D eigenvalue weighted by Gasteiger charge is -2.01. The second-order valence-electron chi connectivity index (χ2n) is 1.95. The molecule has 5 heteroatoms. The van der Waals surface area contributed by atoms with Crippen LogP contribution in [0.3, 0.4) is 0 Å². The molecule has 0 aliphatic heterocycles. The molecular formula is C6H7NO3S. The molecule has 1 rings (SSSR count). The van der Waals surface area contributed by atoms with E-state index in [0.29, 0.717) is 0 Å². The molecule has 0 radical (unpaired) electrons. The van der Waals surface area contributed by atoms with E-state index in [9.17, 15) is 13.6 Å². The fraction of sp³-hybridized carbons (Fsp3) is 0. The van der Waals surface area contributed by atoms with E-state index >= 15 is 0 Å². The third-order valence-electron chi connectivity index (χ3n) is 1.20. The van der Waals surface area contributed by atoms with Gasteiger partial charge < -0.3 is 5.21 Å². The Morgan fingerprint density at radius 1 is 1.18 bits per heavy atom. The quantitative estimate of drug-likeness (QED) is 0.609. The first-order valence-electron chi connectivity index (χ1n) is 2.92. The van der Waals surface area contributed by atoms with Crippen LogP contribution in [0.15, 0.2) is 35.2 Å². The lowest BCUT2D eigenvalue weighted by molar-refractivity contribution is -0.416. The summed E-state index contributed by atoms with van der Waals surface area (Å²) in [6, 6.07) is 7.57. The van der Waals surface area contributed by atoms with Crippen LogP contribution in [-0.2, 0) is 10.0 Å². The molecule has 0 fully saturated rings. The number of hydrogen-bond donors (Lipinski definition) is 1. The van der Waals surface area contributed by atoms with E-state index in [1.54, 1.807) is 18.2 Å². The van der Waals surface area contributed by atoms with E-state index in [4.69, 9.17) is 0 Å². The number of rotatable bonds is 2. The van der Waals surface area contributed by atoms with Gasteiger partial charge in [0, 0.05) is 0 Å². The molecule has 0 saturated heterocycles. The number of quaternary nitrogens is 1. The minimum Gasteiger partial charge on any atom is -0.620 e. The SMILES string of the molecule is O=S(=O)([NH2+][O-])c1ccccc1. The summed E-state index contributed by atoms with van der Waals surface area (Å²) in [6.07, 6.45) is 0. The highest BCUT2D eigenvalue weighted by molar-refractivity contribution is 7.84. The van der Waals surface area contributed by atoms with Gasteiger partial charge in [0.2, 0.25) is 0 Å². The van der Waals surface area contributed by atoms with Crippen LogP contribution in [-0.4, -0.2) is 8.42 Å². The highest BCUT2D eigenvalue weighted by Crippen LogP contribution is 2.02. The highest BCUT2D eigenvalue weighted by Gasteiger charge is 2.10. The first kappa shape index (κ1) is 8.19. The van der Waals surface area contributed by atoms with Gasteiger partial charge in [0.1, 0.15) is 4.90 Å². The van der Waals surface area contributed by atoms with Gasteiger partial charge in [0.15, 0.2) is 0 Å². The lowest BCUT2D eigenvalue weighted by atomic mass is 10.4. The van der Waals surface area contributed by atoms with Gasteiger partial charge in [-0.25, -0.2) is 0 Å². The van der Waals surface area contributed by atoms with Gasteiger partial charge in [-0.2, -0.15) is 8.42 Å². The third kappa shape index (κ3) is 1.76. The largest absolute Gasteiger partial charge is 0.620 e. The van der Waals surface area contributed by atoms with Gasteiger partial charge in [0.25, 0.3) is 0 Å². The van der Waals surface area contributed by atoms with E-state index in [1.807, 2.05) is 0 Å². The van der Waals surface area contributed by atoms with Crippen molar-refractivity contribution in [2.24, 2.45) is 0 Å². The first-order chi connectivity index (χ1) is 5.17. The fourth-order valence-electron chi connectivity index (χ4n) is 0.666. The molecular weight excluding hydrogens is 166 g/mol. The molecule has 0 atom stereocenters. The molecule has 0 aromatic heterocycles. The zero-order chi connectivity index (χ0) is 8.32. The van der Waals surface area contributed by atoms with Crippen molar-refractivity contribution >= 4 is 10.0 Å². The van der Waals surface area contributed by atoms with Crippen LogP contribution in [0.1, 0.15) is 0 Å². The molecule has 0 saturated carbocycles. The molecule has 0 aliphatic carbocycles. The Kier molecular flexibility index (Phi) is 2.23. The molecule has 0 amide bonds. The zero-order valence-corrected chi connectivity index (χ0v) is 6.41. The van der Waals surface area contributed by atoms with Crippen molar-refractivity contribution in [2.45, 2.75) is 4.90 Å². The molecule has 0 unspecified atom stereocenters. The Hall–Kier alpha value is -0.910. The maximum absolute atomic E-state index is 10.8. The second-order valence-corrected chi connectivity index (χ2v) is 3.71. The van der Waals surface area contributed by atoms with Crippen molar-refractivity contribution < 1.29 is 13.3 Å². The van der Waals surface area contributed by atoms with Crippen molar-refractivity contribution in [2.75, 3.05) is 0 Å². The van der Waals surface area contributed by atoms with Crippen LogP contribution in [0.2, 0.25) is 0 Å². The van der Waals surface area contributed by atoms with E-state index in [0.717, 1.165) is 0 Å². The van der Waals surface area contributed by atoms with Crippen LogP contribution in [0.25, 0.3) is 0 Å². The highest BCUT2D eigenvalue weighted by atomic mass is 32.2. The van der Waals surface area contributed by atoms with Crippen LogP contribution >= 0.6 is 0 Å². The van der Waals surface area contributed by atoms with Gasteiger partial charge in [-0.1, -0.05) is 18.2 Å². The van der Waals surface area contributed by atoms with Crippen molar-refractivity contribution in [1.82, 2.24) is 0 Å². The molecule has 0 aliphatic rings. The standard InChI is InChI=1S/C6H7NO3S/c8-7-11(9,10)6-4-2-1-3-5-6/h1-5H,7H2. The van der Waals surface area contributed by atoms with Gasteiger partial charge in [-0.15, -0.1) is 0 Å². The summed E-state index contributed by atoms with van der Waals surface area (Å²) in [5, 5.41) is 10.0. The predicted molar refractivity (Wildman–Crippen MR) is 38.9 cm³/mol. The van der Waals surface area contributed by atoms with Gasteiger partial charge in [0.05, 0.1) is 0 Å². The van der Waals surface area contributed by atoms with Crippen molar-refractivity contribution in [1.29, 1.82) is 0 Å². The number of benzene rings is 1. The molecule has 2 N–H and O–H groups in total. The molecule has 1 aromatic rings. The van der Waals surface area contributed by atoms with Gasteiger partial charge in [-0.05, 0) is 12.1 Å².